The van der Waals surface area contributed by atoms with Gasteiger partial charge < -0.3 is 10.6 Å². The van der Waals surface area contributed by atoms with Crippen molar-refractivity contribution in [3.8, 4) is 0 Å². The molecular formula is C12H18N2O. The second-order valence-electron chi connectivity index (χ2n) is 3.86. The molecule has 0 aromatic heterocycles. The van der Waals surface area contributed by atoms with Gasteiger partial charge in [0.15, 0.2) is 0 Å². The van der Waals surface area contributed by atoms with Crippen molar-refractivity contribution in [1.82, 2.24) is 4.90 Å². The van der Waals surface area contributed by atoms with Crippen LogP contribution >= 0.6 is 0 Å². The summed E-state index contributed by atoms with van der Waals surface area (Å²) in [4.78, 5) is 13.5. The van der Waals surface area contributed by atoms with Gasteiger partial charge in [-0.2, -0.15) is 0 Å². The molecular weight excluding hydrogens is 188 g/mol. The molecule has 0 aliphatic carbocycles. The van der Waals surface area contributed by atoms with Crippen LogP contribution in [-0.2, 0) is 4.79 Å². The minimum Gasteiger partial charge on any atom is -0.399 e. The van der Waals surface area contributed by atoms with Crippen LogP contribution < -0.4 is 5.73 Å². The van der Waals surface area contributed by atoms with Crippen molar-refractivity contribution in [2.45, 2.75) is 19.3 Å². The molecule has 2 N–H and O–H groups in total. The van der Waals surface area contributed by atoms with Gasteiger partial charge >= 0.3 is 0 Å². The monoisotopic (exact) mass is 206 g/mol. The molecule has 1 amide bonds. The van der Waals surface area contributed by atoms with Gasteiger partial charge in [-0.1, -0.05) is 19.1 Å². The minimum absolute atomic E-state index is 0.0550. The number of benzene rings is 1. The topological polar surface area (TPSA) is 46.3 Å². The molecule has 1 aromatic rings. The minimum atomic E-state index is -0.0550. The molecule has 0 saturated carbocycles. The Bertz CT molecular complexity index is 330. The van der Waals surface area contributed by atoms with E-state index in [-0.39, 0.29) is 11.8 Å². The van der Waals surface area contributed by atoms with Crippen molar-refractivity contribution in [3.05, 3.63) is 29.8 Å². The number of hydrogen-bond acceptors (Lipinski definition) is 2. The Kier molecular flexibility index (Phi) is 3.72. The Morgan fingerprint density at radius 1 is 1.33 bits per heavy atom. The first-order valence-electron chi connectivity index (χ1n) is 5.12. The fraction of sp³-hybridized carbons (Fsp3) is 0.417. The van der Waals surface area contributed by atoms with Gasteiger partial charge in [0.2, 0.25) is 5.91 Å². The summed E-state index contributed by atoms with van der Waals surface area (Å²) in [7, 11) is 3.56. The number of amides is 1. The normalized spacial score (nSPS) is 12.2. The van der Waals surface area contributed by atoms with Crippen LogP contribution in [0.25, 0.3) is 0 Å². The molecule has 1 rings (SSSR count). The lowest BCUT2D eigenvalue weighted by molar-refractivity contribution is -0.130. The van der Waals surface area contributed by atoms with E-state index in [1.165, 1.54) is 0 Å². The molecule has 1 unspecified atom stereocenters. The molecule has 0 saturated heterocycles. The highest BCUT2D eigenvalue weighted by atomic mass is 16.2. The standard InChI is InChI=1S/C12H18N2O/c1-4-11(12(15)14(2)3)9-5-7-10(13)8-6-9/h5-8,11H,4,13H2,1-3H3. The molecule has 0 aliphatic heterocycles. The van der Waals surface area contributed by atoms with Crippen molar-refractivity contribution in [2.75, 3.05) is 19.8 Å². The van der Waals surface area contributed by atoms with E-state index in [4.69, 9.17) is 5.73 Å². The van der Waals surface area contributed by atoms with Crippen LogP contribution in [0.3, 0.4) is 0 Å². The number of nitrogen functional groups attached to an aromatic ring is 1. The number of carbonyl (C=O) groups excluding carboxylic acids is 1. The number of anilines is 1. The molecule has 15 heavy (non-hydrogen) atoms. The van der Waals surface area contributed by atoms with Crippen LogP contribution in [0.1, 0.15) is 24.8 Å². The second-order valence-corrected chi connectivity index (χ2v) is 3.86. The van der Waals surface area contributed by atoms with E-state index in [0.29, 0.717) is 0 Å². The fourth-order valence-electron chi connectivity index (χ4n) is 1.59. The molecule has 0 aliphatic rings. The number of hydrogen-bond donors (Lipinski definition) is 1. The maximum Gasteiger partial charge on any atom is 0.229 e. The number of nitrogens with two attached hydrogens (primary N) is 1. The number of carbonyl (C=O) groups is 1. The molecule has 0 bridgehead atoms. The summed E-state index contributed by atoms with van der Waals surface area (Å²) in [5, 5.41) is 0. The maximum atomic E-state index is 11.9. The zero-order valence-electron chi connectivity index (χ0n) is 9.53. The summed E-state index contributed by atoms with van der Waals surface area (Å²) in [6.07, 6.45) is 0.806. The summed E-state index contributed by atoms with van der Waals surface area (Å²) >= 11 is 0. The van der Waals surface area contributed by atoms with E-state index < -0.39 is 0 Å². The van der Waals surface area contributed by atoms with E-state index in [9.17, 15) is 4.79 Å². The molecule has 1 atom stereocenters. The van der Waals surface area contributed by atoms with Crippen LogP contribution in [0, 0.1) is 0 Å². The smallest absolute Gasteiger partial charge is 0.229 e. The Balaban J connectivity index is 2.92. The first-order valence-corrected chi connectivity index (χ1v) is 5.12. The third-order valence-electron chi connectivity index (χ3n) is 2.49. The van der Waals surface area contributed by atoms with Crippen LogP contribution in [0.5, 0.6) is 0 Å². The highest BCUT2D eigenvalue weighted by Gasteiger charge is 2.19. The Morgan fingerprint density at radius 2 is 1.87 bits per heavy atom. The summed E-state index contributed by atoms with van der Waals surface area (Å²) in [6, 6.07) is 7.51. The maximum absolute atomic E-state index is 11.9. The lowest BCUT2D eigenvalue weighted by Gasteiger charge is -2.19. The summed E-state index contributed by atoms with van der Waals surface area (Å²) in [6.45, 7) is 2.02. The van der Waals surface area contributed by atoms with Crippen LogP contribution in [-0.4, -0.2) is 24.9 Å². The van der Waals surface area contributed by atoms with E-state index in [2.05, 4.69) is 0 Å². The molecule has 3 heteroatoms. The number of nitrogens with zero attached hydrogens (tertiary/aromatic N) is 1. The van der Waals surface area contributed by atoms with Gasteiger partial charge in [-0.3, -0.25) is 4.79 Å². The average molecular weight is 206 g/mol. The highest BCUT2D eigenvalue weighted by Crippen LogP contribution is 2.22. The molecule has 0 fully saturated rings. The molecule has 0 heterocycles. The number of likely N-dealkylation sites (N-methyl/N-ethyl adjacent to an activating group) is 1. The molecule has 1 aromatic carbocycles. The quantitative estimate of drug-likeness (QED) is 0.767. The Morgan fingerprint density at radius 3 is 2.27 bits per heavy atom. The van der Waals surface area contributed by atoms with Gasteiger partial charge in [-0.05, 0) is 24.1 Å². The van der Waals surface area contributed by atoms with E-state index >= 15 is 0 Å². The third kappa shape index (κ3) is 2.72. The van der Waals surface area contributed by atoms with E-state index in [0.717, 1.165) is 17.7 Å². The molecule has 82 valence electrons. The zero-order chi connectivity index (χ0) is 11.4. The lowest BCUT2D eigenvalue weighted by atomic mass is 9.95. The van der Waals surface area contributed by atoms with Crippen molar-refractivity contribution >= 4 is 11.6 Å². The van der Waals surface area contributed by atoms with Gasteiger partial charge in [0.05, 0.1) is 5.92 Å². The van der Waals surface area contributed by atoms with E-state index in [1.54, 1.807) is 19.0 Å². The SMILES string of the molecule is CCC(C(=O)N(C)C)c1ccc(N)cc1. The van der Waals surface area contributed by atoms with E-state index in [1.807, 2.05) is 31.2 Å². The van der Waals surface area contributed by atoms with Crippen molar-refractivity contribution in [2.24, 2.45) is 0 Å². The summed E-state index contributed by atoms with van der Waals surface area (Å²) in [5.74, 6) is 0.0860. The van der Waals surface area contributed by atoms with Crippen LogP contribution in [0.4, 0.5) is 5.69 Å². The van der Waals surface area contributed by atoms with Crippen molar-refractivity contribution < 1.29 is 4.79 Å². The fourth-order valence-corrected chi connectivity index (χ4v) is 1.59. The molecule has 0 spiro atoms. The summed E-state index contributed by atoms with van der Waals surface area (Å²) in [5.41, 5.74) is 7.37. The van der Waals surface area contributed by atoms with Gasteiger partial charge in [0.25, 0.3) is 0 Å². The first kappa shape index (κ1) is 11.6. The zero-order valence-corrected chi connectivity index (χ0v) is 9.53. The Labute approximate surface area is 90.9 Å². The van der Waals surface area contributed by atoms with Crippen molar-refractivity contribution in [1.29, 1.82) is 0 Å². The van der Waals surface area contributed by atoms with Gasteiger partial charge in [-0.25, -0.2) is 0 Å². The summed E-state index contributed by atoms with van der Waals surface area (Å²) < 4.78 is 0. The van der Waals surface area contributed by atoms with Crippen molar-refractivity contribution in [3.63, 3.8) is 0 Å². The van der Waals surface area contributed by atoms with Gasteiger partial charge in [0, 0.05) is 19.8 Å². The molecule has 0 radical (unpaired) electrons. The van der Waals surface area contributed by atoms with Crippen LogP contribution in [0.2, 0.25) is 0 Å². The predicted octanol–water partition coefficient (Wildman–Crippen LogP) is 1.85. The second kappa shape index (κ2) is 4.82. The van der Waals surface area contributed by atoms with Gasteiger partial charge in [-0.15, -0.1) is 0 Å². The van der Waals surface area contributed by atoms with Gasteiger partial charge in [0.1, 0.15) is 0 Å². The average Bonchev–Trinajstić information content (AvgIpc) is 2.21. The lowest BCUT2D eigenvalue weighted by Crippen LogP contribution is -2.27. The van der Waals surface area contributed by atoms with Crippen LogP contribution in [0.15, 0.2) is 24.3 Å². The molecule has 3 nitrogen and oxygen atoms in total. The third-order valence-corrected chi connectivity index (χ3v) is 2.49. The largest absolute Gasteiger partial charge is 0.399 e. The number of rotatable bonds is 3. The predicted molar refractivity (Wildman–Crippen MR) is 62.6 cm³/mol. The highest BCUT2D eigenvalue weighted by molar-refractivity contribution is 5.83. The Hall–Kier alpha value is -1.51. The first-order chi connectivity index (χ1) is 7.06.